The van der Waals surface area contributed by atoms with E-state index >= 15 is 0 Å². The Balaban J connectivity index is 1.79. The van der Waals surface area contributed by atoms with Gasteiger partial charge in [0.25, 0.3) is 5.91 Å². The van der Waals surface area contributed by atoms with Gasteiger partial charge in [0.2, 0.25) is 0 Å². The molecule has 0 saturated heterocycles. The summed E-state index contributed by atoms with van der Waals surface area (Å²) in [6, 6.07) is 16.6. The molecule has 26 heavy (non-hydrogen) atoms. The fourth-order valence-electron chi connectivity index (χ4n) is 2.40. The average Bonchev–Trinajstić information content (AvgIpc) is 2.69. The summed E-state index contributed by atoms with van der Waals surface area (Å²) in [6.45, 7) is 4.19. The van der Waals surface area contributed by atoms with Crippen LogP contribution in [0.5, 0.6) is 5.75 Å². The lowest BCUT2D eigenvalue weighted by Crippen LogP contribution is -2.36. The predicted octanol–water partition coefficient (Wildman–Crippen LogP) is 3.73. The number of hydrogen-bond donors (Lipinski definition) is 1. The first-order valence-corrected chi connectivity index (χ1v) is 8.85. The molecule has 0 aliphatic carbocycles. The third kappa shape index (κ3) is 6.24. The molecule has 0 bridgehead atoms. The molecule has 1 N–H and O–H groups in total. The molecular formula is C21H25NO4. The highest BCUT2D eigenvalue weighted by atomic mass is 16.5. The molecule has 0 radical (unpaired) electrons. The largest absolute Gasteiger partial charge is 0.489 e. The Bertz CT molecular complexity index is 694. The highest BCUT2D eigenvalue weighted by Crippen LogP contribution is 2.15. The van der Waals surface area contributed by atoms with Crippen molar-refractivity contribution in [1.29, 1.82) is 0 Å². The molecule has 0 fully saturated rings. The number of nitrogens with one attached hydrogen (secondary N) is 1. The molecule has 2 aromatic rings. The van der Waals surface area contributed by atoms with Gasteiger partial charge in [-0.25, -0.2) is 4.79 Å². The van der Waals surface area contributed by atoms with Crippen LogP contribution in [0.25, 0.3) is 0 Å². The zero-order valence-electron chi connectivity index (χ0n) is 15.2. The SMILES string of the molecule is CCC(CC)NC(=O)COC(=O)c1ccc(OCc2ccccc2)cc1. The first kappa shape index (κ1) is 19.5. The zero-order valence-corrected chi connectivity index (χ0v) is 15.2. The molecule has 2 aromatic carbocycles. The van der Waals surface area contributed by atoms with Gasteiger partial charge in [0, 0.05) is 6.04 Å². The zero-order chi connectivity index (χ0) is 18.8. The number of rotatable bonds is 9. The van der Waals surface area contributed by atoms with Crippen LogP contribution in [0, 0.1) is 0 Å². The monoisotopic (exact) mass is 355 g/mol. The summed E-state index contributed by atoms with van der Waals surface area (Å²) in [7, 11) is 0. The van der Waals surface area contributed by atoms with Crippen molar-refractivity contribution >= 4 is 11.9 Å². The summed E-state index contributed by atoms with van der Waals surface area (Å²) in [5.74, 6) is -0.147. The van der Waals surface area contributed by atoms with E-state index in [4.69, 9.17) is 9.47 Å². The van der Waals surface area contributed by atoms with Crippen LogP contribution in [0.3, 0.4) is 0 Å². The average molecular weight is 355 g/mol. The van der Waals surface area contributed by atoms with E-state index < -0.39 is 5.97 Å². The van der Waals surface area contributed by atoms with Crippen molar-refractivity contribution in [2.45, 2.75) is 39.3 Å². The summed E-state index contributed by atoms with van der Waals surface area (Å²) in [6.07, 6.45) is 1.70. The standard InChI is InChI=1S/C21H25NO4/c1-3-18(4-2)22-20(23)15-26-21(24)17-10-12-19(13-11-17)25-14-16-8-6-5-7-9-16/h5-13,18H,3-4,14-15H2,1-2H3,(H,22,23). The third-order valence-electron chi connectivity index (χ3n) is 4.02. The third-order valence-corrected chi connectivity index (χ3v) is 4.02. The van der Waals surface area contributed by atoms with Crippen molar-refractivity contribution in [2.24, 2.45) is 0 Å². The Hall–Kier alpha value is -2.82. The van der Waals surface area contributed by atoms with E-state index in [0.29, 0.717) is 17.9 Å². The molecule has 5 nitrogen and oxygen atoms in total. The Morgan fingerprint density at radius 3 is 2.23 bits per heavy atom. The van der Waals surface area contributed by atoms with Crippen LogP contribution >= 0.6 is 0 Å². The summed E-state index contributed by atoms with van der Waals surface area (Å²) in [4.78, 5) is 23.8. The molecular weight excluding hydrogens is 330 g/mol. The number of hydrogen-bond acceptors (Lipinski definition) is 4. The Kier molecular flexibility index (Phi) is 7.68. The quantitative estimate of drug-likeness (QED) is 0.696. The molecule has 0 spiro atoms. The molecule has 0 aliphatic heterocycles. The number of carbonyl (C=O) groups excluding carboxylic acids is 2. The van der Waals surface area contributed by atoms with Crippen molar-refractivity contribution in [2.75, 3.05) is 6.61 Å². The van der Waals surface area contributed by atoms with E-state index in [1.54, 1.807) is 24.3 Å². The van der Waals surface area contributed by atoms with Gasteiger partial charge in [-0.2, -0.15) is 0 Å². The highest BCUT2D eigenvalue weighted by molar-refractivity contribution is 5.91. The molecule has 0 heterocycles. The lowest BCUT2D eigenvalue weighted by atomic mass is 10.2. The van der Waals surface area contributed by atoms with Crippen LogP contribution in [0.1, 0.15) is 42.6 Å². The van der Waals surface area contributed by atoms with Gasteiger partial charge < -0.3 is 14.8 Å². The predicted molar refractivity (Wildman–Crippen MR) is 100 cm³/mol. The van der Waals surface area contributed by atoms with E-state index in [1.165, 1.54) is 0 Å². The minimum absolute atomic E-state index is 0.113. The summed E-state index contributed by atoms with van der Waals surface area (Å²) in [5, 5.41) is 2.83. The summed E-state index contributed by atoms with van der Waals surface area (Å²) < 4.78 is 10.7. The van der Waals surface area contributed by atoms with E-state index in [-0.39, 0.29) is 18.6 Å². The Morgan fingerprint density at radius 2 is 1.62 bits per heavy atom. The maximum absolute atomic E-state index is 12.0. The minimum Gasteiger partial charge on any atom is -0.489 e. The van der Waals surface area contributed by atoms with E-state index in [1.807, 2.05) is 44.2 Å². The second kappa shape index (κ2) is 10.2. The van der Waals surface area contributed by atoms with E-state index in [0.717, 1.165) is 18.4 Å². The smallest absolute Gasteiger partial charge is 0.338 e. The number of ether oxygens (including phenoxy) is 2. The van der Waals surface area contributed by atoms with Crippen molar-refractivity contribution < 1.29 is 19.1 Å². The van der Waals surface area contributed by atoms with Crippen molar-refractivity contribution in [1.82, 2.24) is 5.32 Å². The van der Waals surface area contributed by atoms with Gasteiger partial charge in [-0.15, -0.1) is 0 Å². The minimum atomic E-state index is -0.528. The lowest BCUT2D eigenvalue weighted by Gasteiger charge is -2.14. The number of benzene rings is 2. The topological polar surface area (TPSA) is 64.6 Å². The maximum atomic E-state index is 12.0. The van der Waals surface area contributed by atoms with Crippen LogP contribution in [0.15, 0.2) is 54.6 Å². The van der Waals surface area contributed by atoms with Gasteiger partial charge in [0.15, 0.2) is 6.61 Å². The van der Waals surface area contributed by atoms with Crippen LogP contribution in [-0.4, -0.2) is 24.5 Å². The fraction of sp³-hybridized carbons (Fsp3) is 0.333. The lowest BCUT2D eigenvalue weighted by molar-refractivity contribution is -0.125. The van der Waals surface area contributed by atoms with Gasteiger partial charge in [-0.1, -0.05) is 44.2 Å². The molecule has 0 aliphatic rings. The first-order chi connectivity index (χ1) is 12.6. The molecule has 5 heteroatoms. The van der Waals surface area contributed by atoms with Crippen molar-refractivity contribution in [3.63, 3.8) is 0 Å². The molecule has 0 unspecified atom stereocenters. The van der Waals surface area contributed by atoms with Gasteiger partial charge >= 0.3 is 5.97 Å². The van der Waals surface area contributed by atoms with Crippen LogP contribution in [0.4, 0.5) is 0 Å². The number of esters is 1. The second-order valence-corrected chi connectivity index (χ2v) is 5.96. The Labute approximate surface area is 154 Å². The normalized spacial score (nSPS) is 10.4. The first-order valence-electron chi connectivity index (χ1n) is 8.85. The molecule has 0 atom stereocenters. The maximum Gasteiger partial charge on any atom is 0.338 e. The van der Waals surface area contributed by atoms with E-state index in [9.17, 15) is 9.59 Å². The molecule has 138 valence electrons. The van der Waals surface area contributed by atoms with Crippen molar-refractivity contribution in [3.05, 3.63) is 65.7 Å². The van der Waals surface area contributed by atoms with Gasteiger partial charge in [0.1, 0.15) is 12.4 Å². The van der Waals surface area contributed by atoms with Gasteiger partial charge in [-0.05, 0) is 42.7 Å². The number of amides is 1. The van der Waals surface area contributed by atoms with Crippen molar-refractivity contribution in [3.8, 4) is 5.75 Å². The summed E-state index contributed by atoms with van der Waals surface area (Å²) >= 11 is 0. The highest BCUT2D eigenvalue weighted by Gasteiger charge is 2.12. The molecule has 0 aromatic heterocycles. The van der Waals surface area contributed by atoms with E-state index in [2.05, 4.69) is 5.32 Å². The molecule has 0 saturated carbocycles. The van der Waals surface area contributed by atoms with Gasteiger partial charge in [0.05, 0.1) is 5.56 Å². The summed E-state index contributed by atoms with van der Waals surface area (Å²) in [5.41, 5.74) is 1.45. The second-order valence-electron chi connectivity index (χ2n) is 5.96. The van der Waals surface area contributed by atoms with Crippen LogP contribution < -0.4 is 10.1 Å². The molecule has 2 rings (SSSR count). The van der Waals surface area contributed by atoms with Gasteiger partial charge in [-0.3, -0.25) is 4.79 Å². The fourth-order valence-corrected chi connectivity index (χ4v) is 2.40. The molecule has 1 amide bonds. The van der Waals surface area contributed by atoms with Crippen LogP contribution in [0.2, 0.25) is 0 Å². The number of carbonyl (C=O) groups is 2. The Morgan fingerprint density at radius 1 is 0.962 bits per heavy atom. The van der Waals surface area contributed by atoms with Crippen LogP contribution in [-0.2, 0) is 16.1 Å².